The summed E-state index contributed by atoms with van der Waals surface area (Å²) in [5, 5.41) is 0. The molecule has 0 amide bonds. The smallest absolute Gasteiger partial charge is 0.0915 e. The lowest BCUT2D eigenvalue weighted by Gasteiger charge is -2.32. The van der Waals surface area contributed by atoms with E-state index in [-0.39, 0.29) is 0 Å². The van der Waals surface area contributed by atoms with Crippen molar-refractivity contribution in [2.45, 2.75) is 38.8 Å². The molecule has 1 saturated heterocycles. The lowest BCUT2D eigenvalue weighted by Crippen LogP contribution is -2.41. The predicted molar refractivity (Wildman–Crippen MR) is 58.6 cm³/mol. The number of methoxy groups -OCH3 is 1. The first-order chi connectivity index (χ1) is 7.24. The van der Waals surface area contributed by atoms with Gasteiger partial charge in [-0.15, -0.1) is 0 Å². The third kappa shape index (κ3) is 4.93. The van der Waals surface area contributed by atoms with Crippen LogP contribution in [0.2, 0.25) is 0 Å². The topological polar surface area (TPSA) is 39.7 Å². The highest BCUT2D eigenvalue weighted by atomic mass is 16.7. The SMILES string of the molecule is COCCONC1CCOC(C(C)C)C1. The standard InChI is InChI=1S/C11H23NO3/c1-9(2)11-8-10(4-5-14-11)12-15-7-6-13-3/h9-12H,4-8H2,1-3H3. The van der Waals surface area contributed by atoms with E-state index in [1.165, 1.54) is 0 Å². The molecule has 1 aliphatic rings. The molecule has 0 aromatic heterocycles. The van der Waals surface area contributed by atoms with Gasteiger partial charge in [0.25, 0.3) is 0 Å². The monoisotopic (exact) mass is 217 g/mol. The Morgan fingerprint density at radius 3 is 2.87 bits per heavy atom. The molecule has 1 N–H and O–H groups in total. The van der Waals surface area contributed by atoms with Gasteiger partial charge < -0.3 is 9.47 Å². The van der Waals surface area contributed by atoms with Crippen LogP contribution in [0.1, 0.15) is 26.7 Å². The van der Waals surface area contributed by atoms with E-state index in [1.807, 2.05) is 0 Å². The van der Waals surface area contributed by atoms with Crippen LogP contribution in [0.5, 0.6) is 0 Å². The largest absolute Gasteiger partial charge is 0.382 e. The Bertz CT molecular complexity index is 164. The summed E-state index contributed by atoms with van der Waals surface area (Å²) in [7, 11) is 1.67. The van der Waals surface area contributed by atoms with Crippen LogP contribution in [0.3, 0.4) is 0 Å². The molecule has 1 fully saturated rings. The molecule has 2 unspecified atom stereocenters. The van der Waals surface area contributed by atoms with Gasteiger partial charge in [0.05, 0.1) is 19.3 Å². The van der Waals surface area contributed by atoms with E-state index in [0.29, 0.717) is 31.3 Å². The van der Waals surface area contributed by atoms with E-state index in [1.54, 1.807) is 7.11 Å². The summed E-state index contributed by atoms with van der Waals surface area (Å²) in [4.78, 5) is 5.31. The van der Waals surface area contributed by atoms with Gasteiger partial charge in [-0.05, 0) is 18.8 Å². The second-order valence-corrected chi connectivity index (χ2v) is 4.33. The molecule has 1 aliphatic heterocycles. The highest BCUT2D eigenvalue weighted by molar-refractivity contribution is 4.76. The molecule has 2 atom stereocenters. The summed E-state index contributed by atoms with van der Waals surface area (Å²) in [6.45, 7) is 6.44. The molecule has 0 radical (unpaired) electrons. The number of hydrogen-bond acceptors (Lipinski definition) is 4. The van der Waals surface area contributed by atoms with Gasteiger partial charge >= 0.3 is 0 Å². The van der Waals surface area contributed by atoms with Crippen LogP contribution in [0.25, 0.3) is 0 Å². The van der Waals surface area contributed by atoms with Gasteiger partial charge in [-0.2, -0.15) is 5.48 Å². The fourth-order valence-electron chi connectivity index (χ4n) is 1.70. The van der Waals surface area contributed by atoms with E-state index >= 15 is 0 Å². The van der Waals surface area contributed by atoms with Crippen LogP contribution in [0.4, 0.5) is 0 Å². The van der Waals surface area contributed by atoms with Gasteiger partial charge in [0.1, 0.15) is 0 Å². The molecule has 4 nitrogen and oxygen atoms in total. The summed E-state index contributed by atoms with van der Waals surface area (Å²) in [5.74, 6) is 0.577. The highest BCUT2D eigenvalue weighted by Crippen LogP contribution is 2.19. The predicted octanol–water partition coefficient (Wildman–Crippen LogP) is 1.36. The van der Waals surface area contributed by atoms with Crippen molar-refractivity contribution in [1.82, 2.24) is 5.48 Å². The van der Waals surface area contributed by atoms with Crippen molar-refractivity contribution < 1.29 is 14.3 Å². The van der Waals surface area contributed by atoms with E-state index < -0.39 is 0 Å². The molecule has 0 aromatic rings. The Morgan fingerprint density at radius 1 is 1.40 bits per heavy atom. The summed E-state index contributed by atoms with van der Waals surface area (Å²) in [6, 6.07) is 0.419. The fourth-order valence-corrected chi connectivity index (χ4v) is 1.70. The third-order valence-corrected chi connectivity index (χ3v) is 2.70. The summed E-state index contributed by atoms with van der Waals surface area (Å²) < 4.78 is 10.6. The van der Waals surface area contributed by atoms with E-state index in [4.69, 9.17) is 14.3 Å². The van der Waals surface area contributed by atoms with Crippen LogP contribution in [0, 0.1) is 5.92 Å². The number of rotatable bonds is 6. The number of ether oxygens (including phenoxy) is 2. The lowest BCUT2D eigenvalue weighted by molar-refractivity contribution is -0.0725. The maximum atomic E-state index is 5.68. The molecule has 0 aliphatic carbocycles. The maximum Gasteiger partial charge on any atom is 0.0915 e. The van der Waals surface area contributed by atoms with Crippen molar-refractivity contribution in [2.75, 3.05) is 26.9 Å². The van der Waals surface area contributed by atoms with E-state index in [2.05, 4.69) is 19.3 Å². The molecule has 1 rings (SSSR count). The molecule has 0 bridgehead atoms. The zero-order valence-electron chi connectivity index (χ0n) is 9.99. The number of hydroxylamine groups is 1. The normalized spacial score (nSPS) is 27.2. The minimum absolute atomic E-state index is 0.363. The van der Waals surface area contributed by atoms with Gasteiger partial charge in [-0.3, -0.25) is 4.84 Å². The molecule has 0 aromatic carbocycles. The van der Waals surface area contributed by atoms with Crippen LogP contribution < -0.4 is 5.48 Å². The average molecular weight is 217 g/mol. The highest BCUT2D eigenvalue weighted by Gasteiger charge is 2.24. The minimum atomic E-state index is 0.363. The first-order valence-corrected chi connectivity index (χ1v) is 5.72. The first-order valence-electron chi connectivity index (χ1n) is 5.72. The van der Waals surface area contributed by atoms with Gasteiger partial charge in [-0.25, -0.2) is 0 Å². The minimum Gasteiger partial charge on any atom is -0.382 e. The van der Waals surface area contributed by atoms with Crippen LogP contribution in [-0.2, 0) is 14.3 Å². The summed E-state index contributed by atoms with van der Waals surface area (Å²) in [6.07, 6.45) is 2.42. The Labute approximate surface area is 92.2 Å². The second-order valence-electron chi connectivity index (χ2n) is 4.33. The van der Waals surface area contributed by atoms with Gasteiger partial charge in [-0.1, -0.05) is 13.8 Å². The summed E-state index contributed by atoms with van der Waals surface area (Å²) >= 11 is 0. The Morgan fingerprint density at radius 2 is 2.20 bits per heavy atom. The Kier molecular flexibility index (Phi) is 6.17. The lowest BCUT2D eigenvalue weighted by atomic mass is 9.96. The molecule has 90 valence electrons. The van der Waals surface area contributed by atoms with E-state index in [0.717, 1.165) is 19.4 Å². The van der Waals surface area contributed by atoms with E-state index in [9.17, 15) is 0 Å². The van der Waals surface area contributed by atoms with Crippen molar-refractivity contribution in [3.8, 4) is 0 Å². The molecule has 0 saturated carbocycles. The molecule has 4 heteroatoms. The quantitative estimate of drug-likeness (QED) is 0.538. The molecular formula is C11H23NO3. The van der Waals surface area contributed by atoms with Crippen LogP contribution >= 0.6 is 0 Å². The summed E-state index contributed by atoms with van der Waals surface area (Å²) in [5.41, 5.74) is 3.08. The first kappa shape index (κ1) is 12.9. The van der Waals surface area contributed by atoms with Gasteiger partial charge in [0.15, 0.2) is 0 Å². The van der Waals surface area contributed by atoms with Crippen molar-refractivity contribution >= 4 is 0 Å². The third-order valence-electron chi connectivity index (χ3n) is 2.70. The second kappa shape index (κ2) is 7.17. The zero-order valence-corrected chi connectivity index (χ0v) is 9.99. The number of hydrogen-bond donors (Lipinski definition) is 1. The zero-order chi connectivity index (χ0) is 11.1. The van der Waals surface area contributed by atoms with Crippen molar-refractivity contribution in [2.24, 2.45) is 5.92 Å². The van der Waals surface area contributed by atoms with Crippen LogP contribution in [-0.4, -0.2) is 39.1 Å². The molecule has 15 heavy (non-hydrogen) atoms. The van der Waals surface area contributed by atoms with Crippen molar-refractivity contribution in [3.05, 3.63) is 0 Å². The molecule has 0 spiro atoms. The van der Waals surface area contributed by atoms with Crippen molar-refractivity contribution in [1.29, 1.82) is 0 Å². The van der Waals surface area contributed by atoms with Gasteiger partial charge in [0, 0.05) is 19.8 Å². The Balaban J connectivity index is 2.13. The average Bonchev–Trinajstić information content (AvgIpc) is 2.25. The fraction of sp³-hybridized carbons (Fsp3) is 1.00. The molecule has 1 heterocycles. The van der Waals surface area contributed by atoms with Crippen LogP contribution in [0.15, 0.2) is 0 Å². The van der Waals surface area contributed by atoms with Gasteiger partial charge in [0.2, 0.25) is 0 Å². The Hall–Kier alpha value is -0.160. The van der Waals surface area contributed by atoms with Crippen molar-refractivity contribution in [3.63, 3.8) is 0 Å². The number of nitrogens with one attached hydrogen (secondary N) is 1. The maximum absolute atomic E-state index is 5.68. The molecular weight excluding hydrogens is 194 g/mol.